The smallest absolute Gasteiger partial charge is 0.219 e. The van der Waals surface area contributed by atoms with Crippen molar-refractivity contribution in [3.8, 4) is 0 Å². The number of ether oxygens (including phenoxy) is 1. The molecule has 4 nitrogen and oxygen atoms in total. The Labute approximate surface area is 116 Å². The first kappa shape index (κ1) is 19.5. The van der Waals surface area contributed by atoms with Crippen LogP contribution < -0.4 is 5.32 Å². The molecule has 1 N–H and O–H groups in total. The molecular weight excluding hydrogens is 242 g/mol. The van der Waals surface area contributed by atoms with E-state index in [1.54, 1.807) is 19.2 Å². The quantitative estimate of drug-likeness (QED) is 0.418. The first-order valence-electron chi connectivity index (χ1n) is 6.45. The van der Waals surface area contributed by atoms with Crippen LogP contribution in [0.1, 0.15) is 33.6 Å². The van der Waals surface area contributed by atoms with Gasteiger partial charge in [-0.05, 0) is 25.5 Å². The fraction of sp³-hybridized carbons (Fsp3) is 0.467. The molecule has 0 radical (unpaired) electrons. The number of allylic oxidation sites excluding steroid dienone is 4. The normalized spacial score (nSPS) is 12.1. The summed E-state index contributed by atoms with van der Waals surface area (Å²) in [7, 11) is 1.56. The van der Waals surface area contributed by atoms with Crippen LogP contribution in [0.5, 0.6) is 0 Å². The summed E-state index contributed by atoms with van der Waals surface area (Å²) in [6, 6.07) is 0. The third kappa shape index (κ3) is 11.0. The number of hydrogen-bond donors (Lipinski definition) is 1. The van der Waals surface area contributed by atoms with Crippen LogP contribution in [-0.2, 0) is 14.3 Å². The van der Waals surface area contributed by atoms with Gasteiger partial charge in [0.25, 0.3) is 0 Å². The van der Waals surface area contributed by atoms with Crippen LogP contribution in [0, 0.1) is 0 Å². The second-order valence-electron chi connectivity index (χ2n) is 3.30. The third-order valence-corrected chi connectivity index (χ3v) is 2.03. The first-order chi connectivity index (χ1) is 9.17. The number of hydrogen-bond acceptors (Lipinski definition) is 3. The number of nitrogens with one attached hydrogen (secondary N) is 1. The van der Waals surface area contributed by atoms with Crippen LogP contribution in [0.15, 0.2) is 36.6 Å². The van der Waals surface area contributed by atoms with Crippen molar-refractivity contribution in [2.75, 3.05) is 7.05 Å². The highest BCUT2D eigenvalue weighted by Crippen LogP contribution is 2.08. The van der Waals surface area contributed by atoms with Gasteiger partial charge in [0, 0.05) is 13.5 Å². The Morgan fingerprint density at radius 2 is 2.05 bits per heavy atom. The number of carbonyl (C=O) groups is 2. The number of rotatable bonds is 8. The zero-order valence-electron chi connectivity index (χ0n) is 12.3. The molecule has 4 heteroatoms. The highest BCUT2D eigenvalue weighted by atomic mass is 16.5. The predicted molar refractivity (Wildman–Crippen MR) is 78.7 cm³/mol. The molecule has 0 saturated carbocycles. The largest absolute Gasteiger partial charge is 0.483 e. The van der Waals surface area contributed by atoms with Gasteiger partial charge < -0.3 is 10.1 Å². The fourth-order valence-corrected chi connectivity index (χ4v) is 1.07. The van der Waals surface area contributed by atoms with Crippen molar-refractivity contribution in [2.45, 2.75) is 39.7 Å². The molecule has 0 aliphatic carbocycles. The SMILES string of the molecule is C=C/C(=C\C=C/C)OC(C=O)CCC(=O)NC.CC. The van der Waals surface area contributed by atoms with Gasteiger partial charge in [0.15, 0.2) is 12.4 Å². The topological polar surface area (TPSA) is 55.4 Å². The predicted octanol–water partition coefficient (Wildman–Crippen LogP) is 2.77. The lowest BCUT2D eigenvalue weighted by molar-refractivity contribution is -0.122. The van der Waals surface area contributed by atoms with E-state index in [0.717, 1.165) is 0 Å². The van der Waals surface area contributed by atoms with Gasteiger partial charge in [0.2, 0.25) is 5.91 Å². The summed E-state index contributed by atoms with van der Waals surface area (Å²) >= 11 is 0. The van der Waals surface area contributed by atoms with Crippen molar-refractivity contribution in [1.82, 2.24) is 5.32 Å². The lowest BCUT2D eigenvalue weighted by atomic mass is 10.2. The van der Waals surface area contributed by atoms with Gasteiger partial charge in [0.1, 0.15) is 5.76 Å². The summed E-state index contributed by atoms with van der Waals surface area (Å²) in [6.45, 7) is 9.47. The minimum Gasteiger partial charge on any atom is -0.483 e. The molecule has 0 aromatic rings. The second kappa shape index (κ2) is 14.2. The Morgan fingerprint density at radius 1 is 1.42 bits per heavy atom. The van der Waals surface area contributed by atoms with E-state index in [4.69, 9.17) is 4.74 Å². The summed E-state index contributed by atoms with van der Waals surface area (Å²) in [6.07, 6.45) is 7.54. The molecule has 108 valence electrons. The summed E-state index contributed by atoms with van der Waals surface area (Å²) < 4.78 is 5.39. The van der Waals surface area contributed by atoms with Gasteiger partial charge in [0.05, 0.1) is 0 Å². The van der Waals surface area contributed by atoms with Crippen LogP contribution in [0.25, 0.3) is 0 Å². The molecule has 0 aliphatic heterocycles. The molecule has 0 saturated heterocycles. The number of aldehydes is 1. The minimum absolute atomic E-state index is 0.113. The Morgan fingerprint density at radius 3 is 2.47 bits per heavy atom. The average Bonchev–Trinajstić information content (AvgIpc) is 2.48. The van der Waals surface area contributed by atoms with E-state index in [-0.39, 0.29) is 12.3 Å². The Bertz CT molecular complexity index is 319. The summed E-state index contributed by atoms with van der Waals surface area (Å²) in [5, 5.41) is 2.49. The van der Waals surface area contributed by atoms with E-state index in [1.165, 1.54) is 6.08 Å². The van der Waals surface area contributed by atoms with Crippen LogP contribution in [0.2, 0.25) is 0 Å². The molecule has 0 heterocycles. The summed E-state index contributed by atoms with van der Waals surface area (Å²) in [5.74, 6) is 0.398. The zero-order valence-corrected chi connectivity index (χ0v) is 12.3. The number of amides is 1. The van der Waals surface area contributed by atoms with E-state index in [1.807, 2.05) is 26.8 Å². The maximum absolute atomic E-state index is 11.0. The van der Waals surface area contributed by atoms with E-state index in [2.05, 4.69) is 11.9 Å². The maximum Gasteiger partial charge on any atom is 0.219 e. The monoisotopic (exact) mass is 267 g/mol. The Balaban J connectivity index is 0. The van der Waals surface area contributed by atoms with Gasteiger partial charge in [-0.3, -0.25) is 9.59 Å². The molecule has 1 amide bonds. The summed E-state index contributed by atoms with van der Waals surface area (Å²) in [4.78, 5) is 21.8. The highest BCUT2D eigenvalue weighted by Gasteiger charge is 2.11. The lowest BCUT2D eigenvalue weighted by Gasteiger charge is -2.13. The summed E-state index contributed by atoms with van der Waals surface area (Å²) in [5.41, 5.74) is 0. The van der Waals surface area contributed by atoms with Gasteiger partial charge in [-0.1, -0.05) is 32.6 Å². The molecule has 19 heavy (non-hydrogen) atoms. The standard InChI is InChI=1S/C13H19NO3.C2H6/c1-4-6-7-11(5-2)17-12(10-15)8-9-13(16)14-3;1-2/h4-7,10,12H,2,8-9H2,1,3H3,(H,14,16);1-2H3/b6-4-,11-7+;. The molecule has 0 spiro atoms. The van der Waals surface area contributed by atoms with Gasteiger partial charge >= 0.3 is 0 Å². The van der Waals surface area contributed by atoms with Crippen molar-refractivity contribution in [3.63, 3.8) is 0 Å². The van der Waals surface area contributed by atoms with Crippen LogP contribution in [0.3, 0.4) is 0 Å². The van der Waals surface area contributed by atoms with Crippen molar-refractivity contribution in [3.05, 3.63) is 36.6 Å². The highest BCUT2D eigenvalue weighted by molar-refractivity contribution is 5.76. The molecule has 0 aliphatic rings. The lowest BCUT2D eigenvalue weighted by Crippen LogP contribution is -2.21. The molecule has 1 atom stereocenters. The second-order valence-corrected chi connectivity index (χ2v) is 3.30. The molecule has 0 aromatic heterocycles. The fourth-order valence-electron chi connectivity index (χ4n) is 1.07. The Kier molecular flexibility index (Phi) is 14.6. The van der Waals surface area contributed by atoms with Gasteiger partial charge in [-0.2, -0.15) is 0 Å². The molecule has 0 aromatic carbocycles. The zero-order chi connectivity index (χ0) is 15.1. The molecule has 1 unspecified atom stereocenters. The molecule has 0 rings (SSSR count). The van der Waals surface area contributed by atoms with Gasteiger partial charge in [-0.15, -0.1) is 0 Å². The first-order valence-corrected chi connectivity index (χ1v) is 6.45. The molecular formula is C15H25NO3. The van der Waals surface area contributed by atoms with E-state index >= 15 is 0 Å². The van der Waals surface area contributed by atoms with Crippen molar-refractivity contribution in [1.29, 1.82) is 0 Å². The van der Waals surface area contributed by atoms with Crippen LogP contribution in [-0.4, -0.2) is 25.3 Å². The van der Waals surface area contributed by atoms with Crippen molar-refractivity contribution < 1.29 is 14.3 Å². The van der Waals surface area contributed by atoms with Crippen molar-refractivity contribution >= 4 is 12.2 Å². The average molecular weight is 267 g/mol. The number of carbonyl (C=O) groups excluding carboxylic acids is 2. The van der Waals surface area contributed by atoms with Crippen LogP contribution in [0.4, 0.5) is 0 Å². The molecule has 0 bridgehead atoms. The third-order valence-electron chi connectivity index (χ3n) is 2.03. The van der Waals surface area contributed by atoms with E-state index in [9.17, 15) is 9.59 Å². The van der Waals surface area contributed by atoms with E-state index < -0.39 is 6.10 Å². The Hall–Kier alpha value is -1.84. The van der Waals surface area contributed by atoms with Crippen LogP contribution >= 0.6 is 0 Å². The van der Waals surface area contributed by atoms with Gasteiger partial charge in [-0.25, -0.2) is 0 Å². The minimum atomic E-state index is -0.623. The maximum atomic E-state index is 11.0. The molecule has 0 fully saturated rings. The van der Waals surface area contributed by atoms with Crippen molar-refractivity contribution in [2.24, 2.45) is 0 Å². The van der Waals surface area contributed by atoms with E-state index in [0.29, 0.717) is 18.5 Å².